The molecule has 0 atom stereocenters. The molecule has 0 bridgehead atoms. The van der Waals surface area contributed by atoms with Crippen molar-refractivity contribution in [2.75, 3.05) is 5.32 Å². The molecule has 0 aliphatic carbocycles. The Balaban J connectivity index is 2.20. The minimum absolute atomic E-state index is 0.0585. The Bertz CT molecular complexity index is 760. The van der Waals surface area contributed by atoms with Crippen LogP contribution < -0.4 is 10.1 Å². The molecular weight excluding hydrogens is 299 g/mol. The van der Waals surface area contributed by atoms with Crippen molar-refractivity contribution in [3.63, 3.8) is 0 Å². The van der Waals surface area contributed by atoms with Crippen LogP contribution in [0.2, 0.25) is 0 Å². The minimum atomic E-state index is -0.574. The van der Waals surface area contributed by atoms with Gasteiger partial charge in [-0.2, -0.15) is 0 Å². The van der Waals surface area contributed by atoms with E-state index < -0.39 is 11.7 Å². The van der Waals surface area contributed by atoms with Crippen molar-refractivity contribution < 1.29 is 13.9 Å². The molecule has 1 aromatic carbocycles. The molecule has 23 heavy (non-hydrogen) atoms. The number of rotatable bonds is 6. The number of allylic oxidation sites excluding steroid dienone is 2. The number of benzene rings is 1. The summed E-state index contributed by atoms with van der Waals surface area (Å²) in [4.78, 5) is 23.1. The number of carbonyl (C=O) groups excluding carboxylic acids is 1. The largest absolute Gasteiger partial charge is 0.454 e. The van der Waals surface area contributed by atoms with Gasteiger partial charge in [-0.3, -0.25) is 9.79 Å². The standard InChI is InChI=1S/C16H13FN4O2/c1-3-4-15(18-2)16(22)21-12-5-11(17)6-13(7-12)23-14-8-19-10-20-9-14/h3-10H,1-2H2,(H,21,22)/b15-4-. The second-order valence-electron chi connectivity index (χ2n) is 4.25. The summed E-state index contributed by atoms with van der Waals surface area (Å²) in [6.45, 7) is 6.77. The van der Waals surface area contributed by atoms with E-state index in [0.717, 1.165) is 6.07 Å². The molecule has 0 aliphatic heterocycles. The summed E-state index contributed by atoms with van der Waals surface area (Å²) in [6.07, 6.45) is 7.00. The molecule has 0 unspecified atom stereocenters. The topological polar surface area (TPSA) is 76.5 Å². The van der Waals surface area contributed by atoms with Gasteiger partial charge in [0, 0.05) is 17.8 Å². The van der Waals surface area contributed by atoms with E-state index in [-0.39, 0.29) is 17.1 Å². The number of nitrogens with zero attached hydrogens (tertiary/aromatic N) is 3. The number of carbonyl (C=O) groups is 1. The molecule has 2 rings (SSSR count). The fourth-order valence-corrected chi connectivity index (χ4v) is 1.67. The van der Waals surface area contributed by atoms with E-state index in [1.807, 2.05) is 0 Å². The Morgan fingerprint density at radius 1 is 1.26 bits per heavy atom. The van der Waals surface area contributed by atoms with E-state index in [1.54, 1.807) is 0 Å². The molecule has 1 heterocycles. The zero-order valence-corrected chi connectivity index (χ0v) is 12.1. The summed E-state index contributed by atoms with van der Waals surface area (Å²) in [5.74, 6) is -0.582. The normalized spacial score (nSPS) is 10.7. The molecule has 0 radical (unpaired) electrons. The maximum atomic E-state index is 13.7. The molecule has 7 heteroatoms. The van der Waals surface area contributed by atoms with Crippen LogP contribution >= 0.6 is 0 Å². The number of aromatic nitrogens is 2. The van der Waals surface area contributed by atoms with Gasteiger partial charge >= 0.3 is 0 Å². The van der Waals surface area contributed by atoms with Crippen molar-refractivity contribution in [2.45, 2.75) is 0 Å². The molecule has 0 saturated carbocycles. The van der Waals surface area contributed by atoms with Crippen LogP contribution in [-0.2, 0) is 4.79 Å². The van der Waals surface area contributed by atoms with Crippen LogP contribution in [0, 0.1) is 5.82 Å². The maximum absolute atomic E-state index is 13.7. The van der Waals surface area contributed by atoms with Gasteiger partial charge in [-0.25, -0.2) is 14.4 Å². The lowest BCUT2D eigenvalue weighted by Gasteiger charge is -2.09. The Kier molecular flexibility index (Phi) is 5.30. The molecule has 6 nitrogen and oxygen atoms in total. The van der Waals surface area contributed by atoms with E-state index in [1.165, 1.54) is 43.0 Å². The first-order valence-corrected chi connectivity index (χ1v) is 6.46. The predicted octanol–water partition coefficient (Wildman–Crippen LogP) is 3.12. The molecule has 1 N–H and O–H groups in total. The molecule has 116 valence electrons. The lowest BCUT2D eigenvalue weighted by atomic mass is 10.2. The van der Waals surface area contributed by atoms with Crippen molar-refractivity contribution in [2.24, 2.45) is 4.99 Å². The van der Waals surface area contributed by atoms with Crippen molar-refractivity contribution in [3.05, 3.63) is 67.2 Å². The number of amides is 1. The van der Waals surface area contributed by atoms with Gasteiger partial charge in [-0.05, 0) is 18.9 Å². The van der Waals surface area contributed by atoms with Gasteiger partial charge in [0.2, 0.25) is 0 Å². The summed E-state index contributed by atoms with van der Waals surface area (Å²) < 4.78 is 19.1. The Labute approximate surface area is 132 Å². The Morgan fingerprint density at radius 3 is 2.65 bits per heavy atom. The first-order chi connectivity index (χ1) is 11.1. The first-order valence-electron chi connectivity index (χ1n) is 6.46. The third kappa shape index (κ3) is 4.57. The zero-order valence-electron chi connectivity index (χ0n) is 12.1. The number of hydrogen-bond donors (Lipinski definition) is 1. The van der Waals surface area contributed by atoms with Gasteiger partial charge in [-0.1, -0.05) is 12.7 Å². The Hall–Kier alpha value is -3.35. The summed E-state index contributed by atoms with van der Waals surface area (Å²) in [5.41, 5.74) is 0.267. The monoisotopic (exact) mass is 312 g/mol. The average Bonchev–Trinajstić information content (AvgIpc) is 2.52. The van der Waals surface area contributed by atoms with E-state index in [9.17, 15) is 9.18 Å². The van der Waals surface area contributed by atoms with Crippen LogP contribution in [0.4, 0.5) is 10.1 Å². The quantitative estimate of drug-likeness (QED) is 0.505. The van der Waals surface area contributed by atoms with Crippen LogP contribution in [0.5, 0.6) is 11.5 Å². The molecular formula is C16H13FN4O2. The van der Waals surface area contributed by atoms with Crippen molar-refractivity contribution in [3.8, 4) is 11.5 Å². The van der Waals surface area contributed by atoms with Crippen LogP contribution in [0.15, 0.2) is 66.3 Å². The van der Waals surface area contributed by atoms with Gasteiger partial charge in [-0.15, -0.1) is 0 Å². The van der Waals surface area contributed by atoms with Gasteiger partial charge in [0.15, 0.2) is 5.75 Å². The van der Waals surface area contributed by atoms with Crippen molar-refractivity contribution in [1.29, 1.82) is 0 Å². The minimum Gasteiger partial charge on any atom is -0.454 e. The smallest absolute Gasteiger partial charge is 0.274 e. The predicted molar refractivity (Wildman–Crippen MR) is 85.0 cm³/mol. The summed E-state index contributed by atoms with van der Waals surface area (Å²) in [6, 6.07) is 3.79. The molecule has 1 amide bonds. The summed E-state index contributed by atoms with van der Waals surface area (Å²) >= 11 is 0. The highest BCUT2D eigenvalue weighted by atomic mass is 19.1. The van der Waals surface area contributed by atoms with Crippen molar-refractivity contribution in [1.82, 2.24) is 9.97 Å². The highest BCUT2D eigenvalue weighted by Crippen LogP contribution is 2.25. The van der Waals surface area contributed by atoms with Gasteiger partial charge in [0.25, 0.3) is 5.91 Å². The van der Waals surface area contributed by atoms with E-state index in [4.69, 9.17) is 4.74 Å². The highest BCUT2D eigenvalue weighted by molar-refractivity contribution is 6.04. The fourth-order valence-electron chi connectivity index (χ4n) is 1.67. The van der Waals surface area contributed by atoms with E-state index in [0.29, 0.717) is 5.75 Å². The molecule has 1 aromatic heterocycles. The lowest BCUT2D eigenvalue weighted by molar-refractivity contribution is -0.112. The summed E-state index contributed by atoms with van der Waals surface area (Å²) in [7, 11) is 0. The first kappa shape index (κ1) is 16.0. The van der Waals surface area contributed by atoms with E-state index in [2.05, 4.69) is 33.6 Å². The van der Waals surface area contributed by atoms with Crippen LogP contribution in [-0.4, -0.2) is 22.6 Å². The third-order valence-electron chi connectivity index (χ3n) is 2.58. The van der Waals surface area contributed by atoms with Crippen LogP contribution in [0.25, 0.3) is 0 Å². The average molecular weight is 312 g/mol. The molecule has 0 fully saturated rings. The van der Waals surface area contributed by atoms with E-state index >= 15 is 0 Å². The van der Waals surface area contributed by atoms with Crippen LogP contribution in [0.3, 0.4) is 0 Å². The lowest BCUT2D eigenvalue weighted by Crippen LogP contribution is -2.13. The number of nitrogens with one attached hydrogen (secondary N) is 1. The summed E-state index contributed by atoms with van der Waals surface area (Å²) in [5, 5.41) is 2.50. The Morgan fingerprint density at radius 2 is 2.00 bits per heavy atom. The number of halogens is 1. The van der Waals surface area contributed by atoms with Crippen LogP contribution in [0.1, 0.15) is 0 Å². The number of hydrogen-bond acceptors (Lipinski definition) is 5. The fraction of sp³-hybridized carbons (Fsp3) is 0. The van der Waals surface area contributed by atoms with Crippen molar-refractivity contribution >= 4 is 18.3 Å². The number of aliphatic imine (C=N–C) groups is 1. The second kappa shape index (κ2) is 7.60. The van der Waals surface area contributed by atoms with Gasteiger partial charge < -0.3 is 10.1 Å². The molecule has 2 aromatic rings. The maximum Gasteiger partial charge on any atom is 0.274 e. The molecule has 0 spiro atoms. The zero-order chi connectivity index (χ0) is 16.7. The van der Waals surface area contributed by atoms with Gasteiger partial charge in [0.1, 0.15) is 23.6 Å². The SMILES string of the molecule is C=C/C=C(\N=C)C(=O)Nc1cc(F)cc(Oc2cncnc2)c1. The highest BCUT2D eigenvalue weighted by Gasteiger charge is 2.10. The molecule has 0 aliphatic rings. The third-order valence-corrected chi connectivity index (χ3v) is 2.58. The second-order valence-corrected chi connectivity index (χ2v) is 4.25. The molecule has 0 saturated heterocycles. The van der Waals surface area contributed by atoms with Gasteiger partial charge in [0.05, 0.1) is 12.4 Å². The number of ether oxygens (including phenoxy) is 1. The number of anilines is 1.